The van der Waals surface area contributed by atoms with Gasteiger partial charge in [0.25, 0.3) is 0 Å². The second kappa shape index (κ2) is 7.72. The predicted molar refractivity (Wildman–Crippen MR) is 102 cm³/mol. The van der Waals surface area contributed by atoms with Crippen molar-refractivity contribution in [3.05, 3.63) is 41.8 Å². The molecule has 0 spiro atoms. The lowest BCUT2D eigenvalue weighted by Gasteiger charge is -2.23. The van der Waals surface area contributed by atoms with Gasteiger partial charge in [0.05, 0.1) is 36.9 Å². The molecule has 3 heterocycles. The van der Waals surface area contributed by atoms with Crippen molar-refractivity contribution < 1.29 is 4.90 Å². The largest absolute Gasteiger partial charge is 0.334 e. The van der Waals surface area contributed by atoms with Gasteiger partial charge in [-0.05, 0) is 37.5 Å². The lowest BCUT2D eigenvalue weighted by Crippen LogP contribution is -3.13. The molecule has 0 unspecified atom stereocenters. The first-order valence-corrected chi connectivity index (χ1v) is 10.1. The minimum Gasteiger partial charge on any atom is -0.334 e. The van der Waals surface area contributed by atoms with Crippen LogP contribution in [0.25, 0.3) is 16.7 Å². The van der Waals surface area contributed by atoms with E-state index in [1.807, 2.05) is 35.1 Å². The van der Waals surface area contributed by atoms with Crippen molar-refractivity contribution >= 4 is 34.4 Å². The number of thioether (sulfide) groups is 1. The summed E-state index contributed by atoms with van der Waals surface area (Å²) >= 11 is 7.91. The Morgan fingerprint density at radius 3 is 2.88 bits per heavy atom. The van der Waals surface area contributed by atoms with Crippen LogP contribution in [-0.2, 0) is 0 Å². The molecule has 1 fully saturated rings. The molecule has 1 N–H and O–H groups in total. The summed E-state index contributed by atoms with van der Waals surface area (Å²) < 4.78 is 1.82. The van der Waals surface area contributed by atoms with Crippen LogP contribution >= 0.6 is 23.4 Å². The molecule has 130 valence electrons. The number of quaternary nitrogens is 1. The highest BCUT2D eigenvalue weighted by atomic mass is 35.5. The van der Waals surface area contributed by atoms with Gasteiger partial charge in [0.2, 0.25) is 0 Å². The lowest BCUT2D eigenvalue weighted by atomic mass is 10.1. The number of piperidine rings is 1. The molecule has 1 aliphatic rings. The van der Waals surface area contributed by atoms with Gasteiger partial charge in [0.1, 0.15) is 11.4 Å². The maximum atomic E-state index is 6.11. The number of rotatable bonds is 5. The molecular formula is C18H21ClN5S+. The lowest BCUT2D eigenvalue weighted by molar-refractivity contribution is -0.902. The molecule has 1 saturated heterocycles. The number of nitrogens with one attached hydrogen (secondary N) is 1. The third kappa shape index (κ3) is 3.81. The molecule has 0 atom stereocenters. The molecule has 1 aliphatic heterocycles. The Hall–Kier alpha value is -1.63. The van der Waals surface area contributed by atoms with E-state index in [2.05, 4.69) is 15.1 Å². The summed E-state index contributed by atoms with van der Waals surface area (Å²) in [6.07, 6.45) is 7.60. The molecule has 0 aliphatic carbocycles. The van der Waals surface area contributed by atoms with Crippen LogP contribution in [0.5, 0.6) is 0 Å². The molecule has 0 amide bonds. The van der Waals surface area contributed by atoms with Crippen LogP contribution in [0.15, 0.2) is 41.8 Å². The first kappa shape index (κ1) is 16.8. The Morgan fingerprint density at radius 1 is 1.16 bits per heavy atom. The van der Waals surface area contributed by atoms with Gasteiger partial charge in [-0.1, -0.05) is 29.4 Å². The zero-order valence-electron chi connectivity index (χ0n) is 14.0. The molecule has 5 nitrogen and oxygen atoms in total. The van der Waals surface area contributed by atoms with Crippen LogP contribution in [0, 0.1) is 0 Å². The fraction of sp³-hybridized carbons (Fsp3) is 0.389. The van der Waals surface area contributed by atoms with Crippen LogP contribution in [-0.4, -0.2) is 45.1 Å². The van der Waals surface area contributed by atoms with Crippen molar-refractivity contribution in [3.63, 3.8) is 0 Å². The van der Waals surface area contributed by atoms with Crippen LogP contribution in [0.3, 0.4) is 0 Å². The molecule has 0 saturated carbocycles. The summed E-state index contributed by atoms with van der Waals surface area (Å²) in [6, 6.07) is 7.65. The van der Waals surface area contributed by atoms with Gasteiger partial charge in [-0.15, -0.1) is 0 Å². The van der Waals surface area contributed by atoms with Crippen LogP contribution in [0.2, 0.25) is 5.02 Å². The molecule has 4 rings (SSSR count). The maximum absolute atomic E-state index is 6.11. The van der Waals surface area contributed by atoms with E-state index in [1.54, 1.807) is 23.0 Å². The van der Waals surface area contributed by atoms with Gasteiger partial charge in [-0.25, -0.2) is 14.6 Å². The van der Waals surface area contributed by atoms with E-state index in [9.17, 15) is 0 Å². The van der Waals surface area contributed by atoms with Crippen molar-refractivity contribution in [1.29, 1.82) is 0 Å². The van der Waals surface area contributed by atoms with Gasteiger partial charge in [-0.3, -0.25) is 0 Å². The Labute approximate surface area is 156 Å². The average molecular weight is 375 g/mol. The van der Waals surface area contributed by atoms with E-state index in [-0.39, 0.29) is 0 Å². The molecule has 1 aromatic carbocycles. The van der Waals surface area contributed by atoms with Gasteiger partial charge in [-0.2, -0.15) is 5.10 Å². The second-order valence-electron chi connectivity index (χ2n) is 6.36. The number of hydrogen-bond acceptors (Lipinski definition) is 4. The number of aromatic nitrogens is 4. The number of nitrogens with zero attached hydrogens (tertiary/aromatic N) is 4. The van der Waals surface area contributed by atoms with Crippen LogP contribution in [0.4, 0.5) is 0 Å². The van der Waals surface area contributed by atoms with Gasteiger partial charge >= 0.3 is 0 Å². The summed E-state index contributed by atoms with van der Waals surface area (Å²) in [7, 11) is 0. The maximum Gasteiger partial charge on any atom is 0.167 e. The molecule has 3 aromatic rings. The Morgan fingerprint density at radius 2 is 2.04 bits per heavy atom. The van der Waals surface area contributed by atoms with E-state index >= 15 is 0 Å². The van der Waals surface area contributed by atoms with Crippen LogP contribution in [0.1, 0.15) is 19.3 Å². The number of benzene rings is 1. The van der Waals surface area contributed by atoms with Crippen molar-refractivity contribution in [2.45, 2.75) is 24.3 Å². The third-order valence-electron chi connectivity index (χ3n) is 4.64. The monoisotopic (exact) mass is 374 g/mol. The topological polar surface area (TPSA) is 48.0 Å². The van der Waals surface area contributed by atoms with Crippen LogP contribution < -0.4 is 4.90 Å². The van der Waals surface area contributed by atoms with E-state index in [1.165, 1.54) is 38.9 Å². The van der Waals surface area contributed by atoms with Crippen molar-refractivity contribution in [2.24, 2.45) is 0 Å². The third-order valence-corrected chi connectivity index (χ3v) is 5.88. The summed E-state index contributed by atoms with van der Waals surface area (Å²) in [4.78, 5) is 10.6. The standard InChI is InChI=1S/C18H20ClN5S/c19-14-5-4-6-15(11-14)24-17-16(12-22-24)18(21-13-20-17)25-10-9-23-7-2-1-3-8-23/h4-6,11-13H,1-3,7-10H2/p+1. The number of hydrogen-bond donors (Lipinski definition) is 1. The fourth-order valence-electron chi connectivity index (χ4n) is 3.33. The number of fused-ring (bicyclic) bond motifs is 1. The zero-order valence-corrected chi connectivity index (χ0v) is 15.6. The van der Waals surface area contributed by atoms with Crippen molar-refractivity contribution in [1.82, 2.24) is 19.7 Å². The Bertz CT molecular complexity index is 860. The number of halogens is 1. The van der Waals surface area contributed by atoms with Crippen molar-refractivity contribution in [3.8, 4) is 5.69 Å². The molecule has 7 heteroatoms. The Kier molecular flexibility index (Phi) is 5.20. The normalized spacial score (nSPS) is 15.7. The second-order valence-corrected chi connectivity index (χ2v) is 7.88. The molecule has 25 heavy (non-hydrogen) atoms. The predicted octanol–water partition coefficient (Wildman–Crippen LogP) is 2.63. The minimum absolute atomic E-state index is 0.689. The molecule has 2 aromatic heterocycles. The van der Waals surface area contributed by atoms with E-state index < -0.39 is 0 Å². The highest BCUT2D eigenvalue weighted by Gasteiger charge is 2.15. The SMILES string of the molecule is Clc1cccc(-n2ncc3c(SCC[NH+]4CCCCC4)ncnc32)c1. The van der Waals surface area contributed by atoms with Gasteiger partial charge in [0, 0.05) is 10.8 Å². The summed E-state index contributed by atoms with van der Waals surface area (Å²) in [6.45, 7) is 3.82. The van der Waals surface area contributed by atoms with Gasteiger partial charge < -0.3 is 4.90 Å². The fourth-order valence-corrected chi connectivity index (χ4v) is 4.52. The molecular weight excluding hydrogens is 354 g/mol. The first-order chi connectivity index (χ1) is 12.3. The smallest absolute Gasteiger partial charge is 0.167 e. The highest BCUT2D eigenvalue weighted by Crippen LogP contribution is 2.26. The Balaban J connectivity index is 1.52. The summed E-state index contributed by atoms with van der Waals surface area (Å²) in [5, 5.41) is 7.20. The summed E-state index contributed by atoms with van der Waals surface area (Å²) in [5.74, 6) is 1.07. The molecule has 0 bridgehead atoms. The van der Waals surface area contributed by atoms with Crippen molar-refractivity contribution in [2.75, 3.05) is 25.4 Å². The first-order valence-electron chi connectivity index (χ1n) is 8.72. The highest BCUT2D eigenvalue weighted by molar-refractivity contribution is 7.99. The van der Waals surface area contributed by atoms with Gasteiger partial charge in [0.15, 0.2) is 5.65 Å². The van der Waals surface area contributed by atoms with E-state index in [0.717, 1.165) is 27.5 Å². The molecule has 0 radical (unpaired) electrons. The quantitative estimate of drug-likeness (QED) is 0.551. The summed E-state index contributed by atoms with van der Waals surface area (Å²) in [5.41, 5.74) is 1.74. The average Bonchev–Trinajstić information content (AvgIpc) is 3.08. The van der Waals surface area contributed by atoms with E-state index in [0.29, 0.717) is 5.02 Å². The number of likely N-dealkylation sites (tertiary alicyclic amines) is 1. The minimum atomic E-state index is 0.689. The van der Waals surface area contributed by atoms with E-state index in [4.69, 9.17) is 11.6 Å². The zero-order chi connectivity index (χ0) is 17.1.